The summed E-state index contributed by atoms with van der Waals surface area (Å²) in [5, 5.41) is 14.1. The van der Waals surface area contributed by atoms with Gasteiger partial charge < -0.3 is 10.6 Å². The van der Waals surface area contributed by atoms with Crippen molar-refractivity contribution in [3.8, 4) is 0 Å². The van der Waals surface area contributed by atoms with Crippen molar-refractivity contribution in [3.63, 3.8) is 0 Å². The first kappa shape index (κ1) is 18.2. The molecule has 0 radical (unpaired) electrons. The number of hydrogen-bond acceptors (Lipinski definition) is 5. The molecule has 0 aromatic carbocycles. The van der Waals surface area contributed by atoms with E-state index in [-0.39, 0.29) is 17.3 Å². The zero-order valence-electron chi connectivity index (χ0n) is 15.7. The Labute approximate surface area is 165 Å². The standard InChI is InChI=1S/C19H21F2N7O/c20-16(21)15-14(25-18(29)13-8-24-27-7-1-6-23-17(13)27)9-28(26-15)12-2-4-19(5-3-12)10-22-11-19/h1,6-9,12,16,22H,2-5,10-11H2,(H,25,29). The van der Waals surface area contributed by atoms with Crippen LogP contribution in [0.1, 0.15) is 54.2 Å². The maximum Gasteiger partial charge on any atom is 0.284 e. The van der Waals surface area contributed by atoms with Crippen molar-refractivity contribution in [1.29, 1.82) is 0 Å². The second-order valence-corrected chi connectivity index (χ2v) is 7.94. The molecule has 1 aliphatic heterocycles. The van der Waals surface area contributed by atoms with Crippen LogP contribution in [0.5, 0.6) is 0 Å². The highest BCUT2D eigenvalue weighted by Gasteiger charge is 2.40. The summed E-state index contributed by atoms with van der Waals surface area (Å²) in [4.78, 5) is 16.8. The van der Waals surface area contributed by atoms with E-state index in [4.69, 9.17) is 0 Å². The van der Waals surface area contributed by atoms with Crippen molar-refractivity contribution in [2.45, 2.75) is 38.2 Å². The molecule has 29 heavy (non-hydrogen) atoms. The maximum atomic E-state index is 13.6. The summed E-state index contributed by atoms with van der Waals surface area (Å²) in [6, 6.07) is 1.76. The van der Waals surface area contributed by atoms with Gasteiger partial charge in [0.2, 0.25) is 0 Å². The molecule has 2 fully saturated rings. The Morgan fingerprint density at radius 1 is 1.31 bits per heavy atom. The maximum absolute atomic E-state index is 13.6. The Balaban J connectivity index is 1.37. The number of carbonyl (C=O) groups excluding carboxylic acids is 1. The number of alkyl halides is 2. The van der Waals surface area contributed by atoms with E-state index < -0.39 is 18.0 Å². The normalized spacial score (nSPS) is 19.0. The van der Waals surface area contributed by atoms with Gasteiger partial charge in [-0.3, -0.25) is 9.48 Å². The van der Waals surface area contributed by atoms with E-state index in [2.05, 4.69) is 25.8 Å². The fourth-order valence-corrected chi connectivity index (χ4v) is 4.34. The molecule has 0 atom stereocenters. The van der Waals surface area contributed by atoms with Gasteiger partial charge in [0.05, 0.1) is 17.9 Å². The van der Waals surface area contributed by atoms with Gasteiger partial charge in [0, 0.05) is 31.7 Å². The molecule has 2 N–H and O–H groups in total. The molecule has 1 amide bonds. The van der Waals surface area contributed by atoms with Gasteiger partial charge in [-0.05, 0) is 37.2 Å². The van der Waals surface area contributed by atoms with Crippen molar-refractivity contribution >= 4 is 17.2 Å². The van der Waals surface area contributed by atoms with Crippen LogP contribution in [0.25, 0.3) is 5.65 Å². The van der Waals surface area contributed by atoms with E-state index in [9.17, 15) is 13.6 Å². The highest BCUT2D eigenvalue weighted by atomic mass is 19.3. The van der Waals surface area contributed by atoms with Gasteiger partial charge in [-0.25, -0.2) is 18.3 Å². The van der Waals surface area contributed by atoms with Gasteiger partial charge in [0.25, 0.3) is 12.3 Å². The molecule has 3 aromatic heterocycles. The second kappa shape index (κ2) is 6.87. The third-order valence-corrected chi connectivity index (χ3v) is 6.13. The number of anilines is 1. The first-order valence-corrected chi connectivity index (χ1v) is 9.72. The Morgan fingerprint density at radius 2 is 2.10 bits per heavy atom. The number of rotatable bonds is 4. The summed E-state index contributed by atoms with van der Waals surface area (Å²) in [6.45, 7) is 2.08. The van der Waals surface area contributed by atoms with Crippen LogP contribution < -0.4 is 10.6 Å². The summed E-state index contributed by atoms with van der Waals surface area (Å²) < 4.78 is 30.2. The van der Waals surface area contributed by atoms with Gasteiger partial charge in [0.1, 0.15) is 5.56 Å². The monoisotopic (exact) mass is 401 g/mol. The van der Waals surface area contributed by atoms with Crippen LogP contribution in [0.2, 0.25) is 0 Å². The molecule has 152 valence electrons. The van der Waals surface area contributed by atoms with Crippen molar-refractivity contribution < 1.29 is 13.6 Å². The highest BCUT2D eigenvalue weighted by Crippen LogP contribution is 2.43. The number of fused-ring (bicyclic) bond motifs is 1. The van der Waals surface area contributed by atoms with Crippen LogP contribution >= 0.6 is 0 Å². The highest BCUT2D eigenvalue weighted by molar-refractivity contribution is 6.08. The largest absolute Gasteiger partial charge is 0.319 e. The molecule has 2 aliphatic rings. The van der Waals surface area contributed by atoms with Crippen LogP contribution in [0.4, 0.5) is 14.5 Å². The van der Waals surface area contributed by atoms with Crippen molar-refractivity contribution in [1.82, 2.24) is 29.7 Å². The molecule has 0 bridgehead atoms. The van der Waals surface area contributed by atoms with Gasteiger partial charge in [-0.1, -0.05) is 0 Å². The predicted molar refractivity (Wildman–Crippen MR) is 101 cm³/mol. The lowest BCUT2D eigenvalue weighted by Gasteiger charge is -2.47. The van der Waals surface area contributed by atoms with Crippen LogP contribution in [0.15, 0.2) is 30.9 Å². The quantitative estimate of drug-likeness (QED) is 0.702. The Hall–Kier alpha value is -2.88. The fraction of sp³-hybridized carbons (Fsp3) is 0.474. The number of hydrogen-bond donors (Lipinski definition) is 2. The number of carbonyl (C=O) groups is 1. The fourth-order valence-electron chi connectivity index (χ4n) is 4.34. The number of halogens is 2. The van der Waals surface area contributed by atoms with Gasteiger partial charge >= 0.3 is 0 Å². The van der Waals surface area contributed by atoms with Crippen molar-refractivity contribution in [2.75, 3.05) is 18.4 Å². The average molecular weight is 401 g/mol. The number of aromatic nitrogens is 5. The smallest absolute Gasteiger partial charge is 0.284 e. The number of nitrogens with one attached hydrogen (secondary N) is 2. The molecule has 8 nitrogen and oxygen atoms in total. The minimum Gasteiger partial charge on any atom is -0.319 e. The van der Waals surface area contributed by atoms with Crippen LogP contribution in [-0.2, 0) is 0 Å². The summed E-state index contributed by atoms with van der Waals surface area (Å²) in [6.07, 6.45) is 7.25. The average Bonchev–Trinajstić information content (AvgIpc) is 3.31. The zero-order chi connectivity index (χ0) is 20.0. The lowest BCUT2D eigenvalue weighted by atomic mass is 9.68. The molecule has 5 rings (SSSR count). The Bertz CT molecular complexity index is 1050. The minimum absolute atomic E-state index is 0.0332. The SMILES string of the molecule is O=C(Nc1cn(C2CCC3(CC2)CNC3)nc1C(F)F)c1cnn2cccnc12. The van der Waals surface area contributed by atoms with Crippen LogP contribution in [0, 0.1) is 5.41 Å². The van der Waals surface area contributed by atoms with E-state index in [1.165, 1.54) is 16.9 Å². The number of nitrogens with zero attached hydrogens (tertiary/aromatic N) is 5. The minimum atomic E-state index is -2.78. The zero-order valence-corrected chi connectivity index (χ0v) is 15.7. The van der Waals surface area contributed by atoms with Crippen molar-refractivity contribution in [2.24, 2.45) is 5.41 Å². The molecule has 10 heteroatoms. The van der Waals surface area contributed by atoms with E-state index >= 15 is 0 Å². The summed E-state index contributed by atoms with van der Waals surface area (Å²) in [5.41, 5.74) is 0.584. The molecule has 0 unspecified atom stereocenters. The van der Waals surface area contributed by atoms with Gasteiger partial charge in [-0.15, -0.1) is 0 Å². The Kier molecular flexibility index (Phi) is 4.30. The summed E-state index contributed by atoms with van der Waals surface area (Å²) >= 11 is 0. The Morgan fingerprint density at radius 3 is 2.79 bits per heavy atom. The van der Waals surface area contributed by atoms with Crippen molar-refractivity contribution in [3.05, 3.63) is 42.1 Å². The molecular formula is C19H21F2N7O. The summed E-state index contributed by atoms with van der Waals surface area (Å²) in [7, 11) is 0. The predicted octanol–water partition coefficient (Wildman–Crippen LogP) is 2.82. The first-order chi connectivity index (χ1) is 14.0. The van der Waals surface area contributed by atoms with Gasteiger partial charge in [0.15, 0.2) is 11.3 Å². The van der Waals surface area contributed by atoms with Gasteiger partial charge in [-0.2, -0.15) is 10.2 Å². The topological polar surface area (TPSA) is 89.1 Å². The summed E-state index contributed by atoms with van der Waals surface area (Å²) in [5.74, 6) is -0.539. The van der Waals surface area contributed by atoms with Crippen LogP contribution in [0.3, 0.4) is 0 Å². The lowest BCUT2D eigenvalue weighted by molar-refractivity contribution is 0.0803. The molecule has 1 saturated heterocycles. The molecule has 1 saturated carbocycles. The third kappa shape index (κ3) is 3.17. The van der Waals surface area contributed by atoms with Crippen LogP contribution in [-0.4, -0.2) is 43.4 Å². The molecule has 4 heterocycles. The first-order valence-electron chi connectivity index (χ1n) is 9.72. The molecule has 1 spiro atoms. The van der Waals surface area contributed by atoms with E-state index in [1.807, 2.05) is 0 Å². The number of amides is 1. The van der Waals surface area contributed by atoms with E-state index in [0.717, 1.165) is 38.8 Å². The second-order valence-electron chi connectivity index (χ2n) is 7.94. The van der Waals surface area contributed by atoms with E-state index in [0.29, 0.717) is 11.1 Å². The molecule has 1 aliphatic carbocycles. The molecule has 3 aromatic rings. The van der Waals surface area contributed by atoms with E-state index in [1.54, 1.807) is 23.1 Å². The lowest BCUT2D eigenvalue weighted by Crippen LogP contribution is -2.54. The molecular weight excluding hydrogens is 380 g/mol. The third-order valence-electron chi connectivity index (χ3n) is 6.13.